The molecule has 0 spiro atoms. The number of rotatable bonds is 3. The molecule has 0 atom stereocenters. The van der Waals surface area contributed by atoms with Crippen LogP contribution in [0.3, 0.4) is 0 Å². The summed E-state index contributed by atoms with van der Waals surface area (Å²) in [6.07, 6.45) is 2.31. The zero-order valence-corrected chi connectivity index (χ0v) is 13.1. The minimum atomic E-state index is 0.142. The van der Waals surface area contributed by atoms with Crippen LogP contribution in [0.4, 0.5) is 0 Å². The smallest absolute Gasteiger partial charge is 0.167 e. The van der Waals surface area contributed by atoms with E-state index in [4.69, 9.17) is 0 Å². The fourth-order valence-electron chi connectivity index (χ4n) is 2.98. The summed E-state index contributed by atoms with van der Waals surface area (Å²) >= 11 is 0. The topological polar surface area (TPSA) is 34.1 Å². The summed E-state index contributed by atoms with van der Waals surface area (Å²) in [6.45, 7) is 4.14. The first kappa shape index (κ1) is 14.7. The van der Waals surface area contributed by atoms with Crippen molar-refractivity contribution in [3.63, 3.8) is 0 Å². The number of Topliss-reactive ketones (excluding diaryl/α,β-unsaturated/α-hetero) is 2. The van der Waals surface area contributed by atoms with Crippen LogP contribution in [0, 0.1) is 13.8 Å². The second-order valence-corrected chi connectivity index (χ2v) is 6.22. The van der Waals surface area contributed by atoms with Gasteiger partial charge in [-0.15, -0.1) is 0 Å². The third-order valence-electron chi connectivity index (χ3n) is 4.53. The van der Waals surface area contributed by atoms with Crippen LogP contribution in [0.2, 0.25) is 0 Å². The third-order valence-corrected chi connectivity index (χ3v) is 4.53. The normalized spacial score (nSPS) is 13.8. The molecule has 0 bridgehead atoms. The maximum Gasteiger partial charge on any atom is 0.167 e. The van der Waals surface area contributed by atoms with E-state index in [0.717, 1.165) is 28.7 Å². The Bertz CT molecular complexity index is 756. The fourth-order valence-corrected chi connectivity index (χ4v) is 2.98. The monoisotopic (exact) mass is 292 g/mol. The molecule has 112 valence electrons. The molecule has 0 heterocycles. The molecule has 0 amide bonds. The highest BCUT2D eigenvalue weighted by Crippen LogP contribution is 2.21. The minimum absolute atomic E-state index is 0.142. The van der Waals surface area contributed by atoms with Crippen molar-refractivity contribution in [2.24, 2.45) is 0 Å². The van der Waals surface area contributed by atoms with Crippen molar-refractivity contribution in [1.29, 1.82) is 0 Å². The van der Waals surface area contributed by atoms with Crippen LogP contribution in [0.5, 0.6) is 0 Å². The molecule has 0 unspecified atom stereocenters. The molecular weight excluding hydrogens is 272 g/mol. The first-order chi connectivity index (χ1) is 10.5. The van der Waals surface area contributed by atoms with E-state index in [1.54, 1.807) is 0 Å². The average molecular weight is 292 g/mol. The molecule has 2 aromatic carbocycles. The number of benzene rings is 2. The Morgan fingerprint density at radius 3 is 2.55 bits per heavy atom. The van der Waals surface area contributed by atoms with E-state index < -0.39 is 0 Å². The Labute approximate surface area is 131 Å². The van der Waals surface area contributed by atoms with Crippen LogP contribution in [-0.2, 0) is 24.1 Å². The van der Waals surface area contributed by atoms with E-state index >= 15 is 0 Å². The molecule has 1 aliphatic rings. The maximum absolute atomic E-state index is 12.5. The molecule has 3 rings (SSSR count). The van der Waals surface area contributed by atoms with E-state index in [1.807, 2.05) is 24.3 Å². The Kier molecular flexibility index (Phi) is 3.93. The van der Waals surface area contributed by atoms with Gasteiger partial charge in [0.05, 0.1) is 0 Å². The lowest BCUT2D eigenvalue weighted by atomic mass is 9.88. The van der Waals surface area contributed by atoms with Crippen LogP contribution in [-0.4, -0.2) is 11.6 Å². The molecule has 0 aromatic heterocycles. The summed E-state index contributed by atoms with van der Waals surface area (Å²) in [4.78, 5) is 24.0. The summed E-state index contributed by atoms with van der Waals surface area (Å²) in [7, 11) is 0. The summed E-state index contributed by atoms with van der Waals surface area (Å²) in [6, 6.07) is 12.0. The number of carbonyl (C=O) groups excluding carboxylic acids is 2. The Morgan fingerprint density at radius 2 is 1.77 bits per heavy atom. The molecule has 0 saturated heterocycles. The standard InChI is InChI=1S/C20H20O2/c1-13-3-4-15(9-14(13)2)10-20(22)18-6-5-17-12-19(21)8-7-16(17)11-18/h3-6,9,11H,7-8,10,12H2,1-2H3. The quantitative estimate of drug-likeness (QED) is 0.807. The highest BCUT2D eigenvalue weighted by atomic mass is 16.1. The van der Waals surface area contributed by atoms with Gasteiger partial charge in [0.15, 0.2) is 5.78 Å². The van der Waals surface area contributed by atoms with Crippen LogP contribution < -0.4 is 0 Å². The maximum atomic E-state index is 12.5. The van der Waals surface area contributed by atoms with Gasteiger partial charge in [-0.3, -0.25) is 9.59 Å². The lowest BCUT2D eigenvalue weighted by Crippen LogP contribution is -2.14. The van der Waals surface area contributed by atoms with Crippen molar-refractivity contribution in [2.45, 2.75) is 39.5 Å². The average Bonchev–Trinajstić information content (AvgIpc) is 2.50. The molecule has 0 aliphatic heterocycles. The van der Waals surface area contributed by atoms with E-state index in [9.17, 15) is 9.59 Å². The van der Waals surface area contributed by atoms with Gasteiger partial charge in [0, 0.05) is 24.8 Å². The second kappa shape index (κ2) is 5.88. The number of ketones is 2. The van der Waals surface area contributed by atoms with Gasteiger partial charge in [-0.05, 0) is 54.2 Å². The first-order valence-electron chi connectivity index (χ1n) is 7.76. The van der Waals surface area contributed by atoms with Gasteiger partial charge >= 0.3 is 0 Å². The molecule has 0 saturated carbocycles. The van der Waals surface area contributed by atoms with Crippen molar-refractivity contribution >= 4 is 11.6 Å². The van der Waals surface area contributed by atoms with Crippen LogP contribution in [0.15, 0.2) is 36.4 Å². The highest BCUT2D eigenvalue weighted by molar-refractivity contribution is 5.98. The summed E-state index contributed by atoms with van der Waals surface area (Å²) in [5.41, 5.74) is 6.51. The summed E-state index contributed by atoms with van der Waals surface area (Å²) < 4.78 is 0. The predicted molar refractivity (Wildman–Crippen MR) is 87.4 cm³/mol. The zero-order chi connectivity index (χ0) is 15.7. The van der Waals surface area contributed by atoms with Crippen molar-refractivity contribution < 1.29 is 9.59 Å². The fraction of sp³-hybridized carbons (Fsp3) is 0.300. The van der Waals surface area contributed by atoms with Crippen molar-refractivity contribution in [3.05, 3.63) is 69.8 Å². The van der Waals surface area contributed by atoms with Crippen LogP contribution in [0.1, 0.15) is 44.6 Å². The second-order valence-electron chi connectivity index (χ2n) is 6.22. The van der Waals surface area contributed by atoms with Gasteiger partial charge in [0.2, 0.25) is 0 Å². The molecule has 0 N–H and O–H groups in total. The predicted octanol–water partition coefficient (Wildman–Crippen LogP) is 3.79. The highest BCUT2D eigenvalue weighted by Gasteiger charge is 2.17. The molecule has 2 aromatic rings. The van der Waals surface area contributed by atoms with E-state index in [0.29, 0.717) is 25.0 Å². The Morgan fingerprint density at radius 1 is 0.955 bits per heavy atom. The van der Waals surface area contributed by atoms with E-state index in [1.165, 1.54) is 11.1 Å². The van der Waals surface area contributed by atoms with Gasteiger partial charge in [-0.25, -0.2) is 0 Å². The zero-order valence-electron chi connectivity index (χ0n) is 13.1. The molecule has 2 nitrogen and oxygen atoms in total. The molecule has 0 fully saturated rings. The number of hydrogen-bond acceptors (Lipinski definition) is 2. The van der Waals surface area contributed by atoms with Crippen LogP contribution >= 0.6 is 0 Å². The molecule has 1 aliphatic carbocycles. The van der Waals surface area contributed by atoms with Crippen molar-refractivity contribution in [2.75, 3.05) is 0 Å². The molecule has 2 heteroatoms. The minimum Gasteiger partial charge on any atom is -0.299 e. The van der Waals surface area contributed by atoms with Crippen LogP contribution in [0.25, 0.3) is 0 Å². The van der Waals surface area contributed by atoms with Gasteiger partial charge in [0.1, 0.15) is 5.78 Å². The van der Waals surface area contributed by atoms with E-state index in [-0.39, 0.29) is 5.78 Å². The largest absolute Gasteiger partial charge is 0.299 e. The van der Waals surface area contributed by atoms with Gasteiger partial charge in [0.25, 0.3) is 0 Å². The molecular formula is C20H20O2. The van der Waals surface area contributed by atoms with E-state index in [2.05, 4.69) is 26.0 Å². The molecule has 22 heavy (non-hydrogen) atoms. The Balaban J connectivity index is 1.80. The Hall–Kier alpha value is -2.22. The third kappa shape index (κ3) is 3.01. The number of carbonyl (C=O) groups is 2. The van der Waals surface area contributed by atoms with Crippen molar-refractivity contribution in [1.82, 2.24) is 0 Å². The van der Waals surface area contributed by atoms with Crippen molar-refractivity contribution in [3.8, 4) is 0 Å². The van der Waals surface area contributed by atoms with Gasteiger partial charge in [-0.1, -0.05) is 30.3 Å². The number of fused-ring (bicyclic) bond motifs is 1. The number of hydrogen-bond donors (Lipinski definition) is 0. The summed E-state index contributed by atoms with van der Waals surface area (Å²) in [5.74, 6) is 0.435. The summed E-state index contributed by atoms with van der Waals surface area (Å²) in [5, 5.41) is 0. The lowest BCUT2D eigenvalue weighted by Gasteiger charge is -2.15. The van der Waals surface area contributed by atoms with Gasteiger partial charge < -0.3 is 0 Å². The van der Waals surface area contributed by atoms with Gasteiger partial charge in [-0.2, -0.15) is 0 Å². The SMILES string of the molecule is Cc1ccc(CC(=O)c2ccc3c(c2)CCC(=O)C3)cc1C. The molecule has 0 radical (unpaired) electrons. The lowest BCUT2D eigenvalue weighted by molar-refractivity contribution is -0.118. The number of aryl methyl sites for hydroxylation is 3. The first-order valence-corrected chi connectivity index (χ1v) is 7.76.